The number of benzene rings is 1. The number of rotatable bonds is 5. The standard InChI is InChI=1S/C14H17NO3/c1-3-15(11-14(17)18-2)13(16)10-9-12-7-5-4-6-8-12/h4-10H,3,11H2,1-2H3/b10-9+. The SMILES string of the molecule is CCN(CC(=O)OC)C(=O)/C=C/c1ccccc1. The molecule has 1 amide bonds. The number of amides is 1. The highest BCUT2D eigenvalue weighted by Crippen LogP contribution is 2.02. The van der Waals surface area contributed by atoms with Crippen LogP contribution < -0.4 is 0 Å². The van der Waals surface area contributed by atoms with Crippen molar-refractivity contribution in [3.8, 4) is 0 Å². The van der Waals surface area contributed by atoms with E-state index in [4.69, 9.17) is 0 Å². The van der Waals surface area contributed by atoms with Crippen LogP contribution in [0.15, 0.2) is 36.4 Å². The molecular formula is C14H17NO3. The van der Waals surface area contributed by atoms with Crippen molar-refractivity contribution in [3.05, 3.63) is 42.0 Å². The summed E-state index contributed by atoms with van der Waals surface area (Å²) in [5.74, 6) is -0.620. The van der Waals surface area contributed by atoms with Crippen molar-refractivity contribution < 1.29 is 14.3 Å². The lowest BCUT2D eigenvalue weighted by molar-refractivity contribution is -0.145. The minimum atomic E-state index is -0.418. The number of esters is 1. The Morgan fingerprint density at radius 1 is 1.28 bits per heavy atom. The summed E-state index contributed by atoms with van der Waals surface area (Å²) in [7, 11) is 1.31. The Kier molecular flexibility index (Phi) is 5.64. The van der Waals surface area contributed by atoms with Gasteiger partial charge in [0.2, 0.25) is 5.91 Å². The summed E-state index contributed by atoms with van der Waals surface area (Å²) in [6, 6.07) is 9.52. The smallest absolute Gasteiger partial charge is 0.325 e. The Morgan fingerprint density at radius 3 is 2.50 bits per heavy atom. The van der Waals surface area contributed by atoms with Crippen molar-refractivity contribution >= 4 is 18.0 Å². The molecule has 4 heteroatoms. The van der Waals surface area contributed by atoms with Crippen LogP contribution >= 0.6 is 0 Å². The molecule has 0 bridgehead atoms. The van der Waals surface area contributed by atoms with Gasteiger partial charge in [0.15, 0.2) is 0 Å². The molecule has 0 aromatic heterocycles. The third-order valence-corrected chi connectivity index (χ3v) is 2.46. The van der Waals surface area contributed by atoms with E-state index in [9.17, 15) is 9.59 Å². The van der Waals surface area contributed by atoms with E-state index in [2.05, 4.69) is 4.74 Å². The van der Waals surface area contributed by atoms with Gasteiger partial charge in [0.1, 0.15) is 6.54 Å². The molecule has 0 aliphatic carbocycles. The molecule has 1 aromatic rings. The predicted molar refractivity (Wildman–Crippen MR) is 69.7 cm³/mol. The van der Waals surface area contributed by atoms with E-state index in [1.807, 2.05) is 37.3 Å². The second kappa shape index (κ2) is 7.27. The van der Waals surface area contributed by atoms with Gasteiger partial charge in [-0.05, 0) is 18.6 Å². The number of ether oxygens (including phenoxy) is 1. The molecule has 0 atom stereocenters. The highest BCUT2D eigenvalue weighted by molar-refractivity contribution is 5.93. The summed E-state index contributed by atoms with van der Waals surface area (Å²) in [6.07, 6.45) is 3.18. The summed E-state index contributed by atoms with van der Waals surface area (Å²) >= 11 is 0. The maximum atomic E-state index is 11.8. The van der Waals surface area contributed by atoms with Gasteiger partial charge in [-0.25, -0.2) is 0 Å². The van der Waals surface area contributed by atoms with Crippen molar-refractivity contribution in [1.82, 2.24) is 4.90 Å². The lowest BCUT2D eigenvalue weighted by atomic mass is 10.2. The van der Waals surface area contributed by atoms with E-state index < -0.39 is 5.97 Å². The molecule has 0 N–H and O–H groups in total. The molecule has 1 aromatic carbocycles. The molecule has 0 saturated carbocycles. The fourth-order valence-electron chi connectivity index (χ4n) is 1.40. The molecule has 0 saturated heterocycles. The number of carbonyl (C=O) groups is 2. The Hall–Kier alpha value is -2.10. The van der Waals surface area contributed by atoms with Crippen LogP contribution in [0.3, 0.4) is 0 Å². The molecule has 4 nitrogen and oxygen atoms in total. The van der Waals surface area contributed by atoms with Crippen LogP contribution in [0, 0.1) is 0 Å². The van der Waals surface area contributed by atoms with Gasteiger partial charge in [-0.15, -0.1) is 0 Å². The summed E-state index contributed by atoms with van der Waals surface area (Å²) in [4.78, 5) is 24.4. The van der Waals surface area contributed by atoms with E-state index in [-0.39, 0.29) is 12.5 Å². The van der Waals surface area contributed by atoms with E-state index in [1.165, 1.54) is 18.1 Å². The van der Waals surface area contributed by atoms with E-state index >= 15 is 0 Å². The second-order valence-corrected chi connectivity index (χ2v) is 3.67. The number of likely N-dealkylation sites (N-methyl/N-ethyl adjacent to an activating group) is 1. The third-order valence-electron chi connectivity index (χ3n) is 2.46. The highest BCUT2D eigenvalue weighted by Gasteiger charge is 2.12. The Labute approximate surface area is 107 Å². The van der Waals surface area contributed by atoms with E-state index in [1.54, 1.807) is 6.08 Å². The minimum absolute atomic E-state index is 0.0229. The molecule has 0 spiro atoms. The molecule has 18 heavy (non-hydrogen) atoms. The average molecular weight is 247 g/mol. The lowest BCUT2D eigenvalue weighted by Crippen LogP contribution is -2.34. The summed E-state index contributed by atoms with van der Waals surface area (Å²) in [6.45, 7) is 2.26. The van der Waals surface area contributed by atoms with Gasteiger partial charge in [-0.3, -0.25) is 9.59 Å². The van der Waals surface area contributed by atoms with Crippen LogP contribution in [0.25, 0.3) is 6.08 Å². The molecule has 0 heterocycles. The van der Waals surface area contributed by atoms with Gasteiger partial charge in [0, 0.05) is 12.6 Å². The molecule has 1 rings (SSSR count). The lowest BCUT2D eigenvalue weighted by Gasteiger charge is -2.17. The fraction of sp³-hybridized carbons (Fsp3) is 0.286. The Morgan fingerprint density at radius 2 is 1.94 bits per heavy atom. The number of nitrogens with zero attached hydrogens (tertiary/aromatic N) is 1. The molecule has 0 aliphatic heterocycles. The summed E-state index contributed by atoms with van der Waals surface area (Å²) in [5, 5.41) is 0. The third kappa shape index (κ3) is 4.41. The van der Waals surface area contributed by atoms with Crippen molar-refractivity contribution in [2.75, 3.05) is 20.2 Å². The van der Waals surface area contributed by atoms with Crippen LogP contribution in [0.2, 0.25) is 0 Å². The first-order valence-electron chi connectivity index (χ1n) is 5.76. The van der Waals surface area contributed by atoms with E-state index in [0.717, 1.165) is 5.56 Å². The van der Waals surface area contributed by atoms with Gasteiger partial charge < -0.3 is 9.64 Å². The Balaban J connectivity index is 2.62. The summed E-state index contributed by atoms with van der Waals surface area (Å²) in [5.41, 5.74) is 0.944. The predicted octanol–water partition coefficient (Wildman–Crippen LogP) is 1.72. The Bertz CT molecular complexity index is 426. The first-order valence-corrected chi connectivity index (χ1v) is 5.76. The first kappa shape index (κ1) is 14.0. The van der Waals surface area contributed by atoms with Crippen molar-refractivity contribution in [3.63, 3.8) is 0 Å². The molecule has 0 aliphatic rings. The minimum Gasteiger partial charge on any atom is -0.468 e. The largest absolute Gasteiger partial charge is 0.468 e. The number of hydrogen-bond donors (Lipinski definition) is 0. The zero-order valence-corrected chi connectivity index (χ0v) is 10.6. The average Bonchev–Trinajstić information content (AvgIpc) is 2.42. The first-order chi connectivity index (χ1) is 8.67. The van der Waals surface area contributed by atoms with Crippen molar-refractivity contribution in [1.29, 1.82) is 0 Å². The van der Waals surface area contributed by atoms with Gasteiger partial charge in [0.25, 0.3) is 0 Å². The normalized spacial score (nSPS) is 10.3. The topological polar surface area (TPSA) is 46.6 Å². The monoisotopic (exact) mass is 247 g/mol. The van der Waals surface area contributed by atoms with Crippen LogP contribution in [0.5, 0.6) is 0 Å². The number of carbonyl (C=O) groups excluding carboxylic acids is 2. The molecular weight excluding hydrogens is 230 g/mol. The van der Waals surface area contributed by atoms with Crippen LogP contribution in [-0.2, 0) is 14.3 Å². The van der Waals surface area contributed by atoms with Gasteiger partial charge in [-0.1, -0.05) is 30.3 Å². The van der Waals surface area contributed by atoms with Crippen LogP contribution in [0.1, 0.15) is 12.5 Å². The molecule has 0 unspecified atom stereocenters. The fourth-order valence-corrected chi connectivity index (χ4v) is 1.40. The van der Waals surface area contributed by atoms with Crippen molar-refractivity contribution in [2.45, 2.75) is 6.92 Å². The quantitative estimate of drug-likeness (QED) is 0.588. The maximum absolute atomic E-state index is 11.8. The number of hydrogen-bond acceptors (Lipinski definition) is 3. The zero-order chi connectivity index (χ0) is 13.4. The molecule has 96 valence electrons. The van der Waals surface area contributed by atoms with Gasteiger partial charge in [0.05, 0.1) is 7.11 Å². The van der Waals surface area contributed by atoms with E-state index in [0.29, 0.717) is 6.54 Å². The summed E-state index contributed by atoms with van der Waals surface area (Å²) < 4.78 is 4.54. The van der Waals surface area contributed by atoms with Gasteiger partial charge in [-0.2, -0.15) is 0 Å². The molecule has 0 fully saturated rings. The highest BCUT2D eigenvalue weighted by atomic mass is 16.5. The van der Waals surface area contributed by atoms with Crippen molar-refractivity contribution in [2.24, 2.45) is 0 Å². The van der Waals surface area contributed by atoms with Crippen LogP contribution in [0.4, 0.5) is 0 Å². The van der Waals surface area contributed by atoms with Crippen LogP contribution in [-0.4, -0.2) is 37.0 Å². The zero-order valence-electron chi connectivity index (χ0n) is 10.6. The van der Waals surface area contributed by atoms with Gasteiger partial charge >= 0.3 is 5.97 Å². The number of methoxy groups -OCH3 is 1. The second-order valence-electron chi connectivity index (χ2n) is 3.67. The maximum Gasteiger partial charge on any atom is 0.325 e. The molecule has 0 radical (unpaired) electrons.